The van der Waals surface area contributed by atoms with Gasteiger partial charge in [0.1, 0.15) is 6.34 Å². The zero-order valence-corrected chi connectivity index (χ0v) is 7.83. The third-order valence-electron chi connectivity index (χ3n) is 1.72. The van der Waals surface area contributed by atoms with Crippen LogP contribution in [0.3, 0.4) is 0 Å². The van der Waals surface area contributed by atoms with Gasteiger partial charge in [0.2, 0.25) is 0 Å². The minimum absolute atomic E-state index is 0.492. The van der Waals surface area contributed by atoms with E-state index in [9.17, 15) is 0 Å². The molecule has 0 saturated heterocycles. The molecule has 0 spiro atoms. The Hall–Kier alpha value is -1.18. The summed E-state index contributed by atoms with van der Waals surface area (Å²) in [5, 5.41) is 0. The van der Waals surface area contributed by atoms with E-state index in [0.29, 0.717) is 5.92 Å². The molecule has 1 unspecified atom stereocenters. The quantitative estimate of drug-likeness (QED) is 0.441. The summed E-state index contributed by atoms with van der Waals surface area (Å²) in [7, 11) is 0. The molecular formula is C10H16N2. The summed E-state index contributed by atoms with van der Waals surface area (Å²) in [5.41, 5.74) is 1.04. The van der Waals surface area contributed by atoms with Gasteiger partial charge in [-0.1, -0.05) is 27.0 Å². The molecule has 0 radical (unpaired) electrons. The van der Waals surface area contributed by atoms with Gasteiger partial charge < -0.3 is 0 Å². The molecule has 0 saturated carbocycles. The van der Waals surface area contributed by atoms with E-state index in [-0.39, 0.29) is 0 Å². The maximum Gasteiger partial charge on any atom is 0.115 e. The third-order valence-corrected chi connectivity index (χ3v) is 1.72. The van der Waals surface area contributed by atoms with Crippen LogP contribution in [-0.2, 0) is 0 Å². The standard InChI is InChI=1S/C10H16N2/c1-5-9(3)10(4)7-12-8-11-6-2/h6-9H,2,4-5H2,1,3H3/b11-8-,12-7-. The molecule has 12 heavy (non-hydrogen) atoms. The van der Waals surface area contributed by atoms with Crippen molar-refractivity contribution >= 4 is 12.6 Å². The predicted octanol–water partition coefficient (Wildman–Crippen LogP) is 2.83. The predicted molar refractivity (Wildman–Crippen MR) is 55.8 cm³/mol. The summed E-state index contributed by atoms with van der Waals surface area (Å²) in [4.78, 5) is 7.67. The summed E-state index contributed by atoms with van der Waals surface area (Å²) in [6.45, 7) is 11.6. The molecule has 2 nitrogen and oxygen atoms in total. The number of allylic oxidation sites excluding steroid dienone is 1. The molecule has 0 aromatic rings. The Morgan fingerprint density at radius 3 is 2.67 bits per heavy atom. The van der Waals surface area contributed by atoms with Crippen molar-refractivity contribution in [2.24, 2.45) is 15.9 Å². The molecule has 0 amide bonds. The van der Waals surface area contributed by atoms with Crippen LogP contribution in [0.25, 0.3) is 0 Å². The fraction of sp³-hybridized carbons (Fsp3) is 0.400. The Labute approximate surface area is 74.4 Å². The molecule has 0 aliphatic rings. The van der Waals surface area contributed by atoms with Gasteiger partial charge in [-0.2, -0.15) is 0 Å². The van der Waals surface area contributed by atoms with E-state index in [0.717, 1.165) is 12.0 Å². The van der Waals surface area contributed by atoms with Crippen molar-refractivity contribution in [2.45, 2.75) is 20.3 Å². The van der Waals surface area contributed by atoms with E-state index in [4.69, 9.17) is 0 Å². The van der Waals surface area contributed by atoms with Crippen LogP contribution in [0.1, 0.15) is 20.3 Å². The highest BCUT2D eigenvalue weighted by atomic mass is 14.8. The molecule has 0 heterocycles. The van der Waals surface area contributed by atoms with Crippen LogP contribution < -0.4 is 0 Å². The highest BCUT2D eigenvalue weighted by molar-refractivity contribution is 5.84. The van der Waals surface area contributed by atoms with E-state index in [1.54, 1.807) is 6.21 Å². The van der Waals surface area contributed by atoms with Gasteiger partial charge in [-0.25, -0.2) is 9.98 Å². The third kappa shape index (κ3) is 4.61. The van der Waals surface area contributed by atoms with Gasteiger partial charge in [0.15, 0.2) is 0 Å². The average molecular weight is 164 g/mol. The van der Waals surface area contributed by atoms with Crippen molar-refractivity contribution in [1.29, 1.82) is 0 Å². The van der Waals surface area contributed by atoms with Crippen LogP contribution in [0.5, 0.6) is 0 Å². The van der Waals surface area contributed by atoms with E-state index in [2.05, 4.69) is 37.0 Å². The van der Waals surface area contributed by atoms with E-state index in [1.165, 1.54) is 12.5 Å². The van der Waals surface area contributed by atoms with Crippen molar-refractivity contribution in [3.05, 3.63) is 24.9 Å². The molecule has 0 rings (SSSR count). The maximum absolute atomic E-state index is 3.94. The molecule has 1 atom stereocenters. The van der Waals surface area contributed by atoms with Crippen LogP contribution in [0.15, 0.2) is 34.9 Å². The summed E-state index contributed by atoms with van der Waals surface area (Å²) >= 11 is 0. The monoisotopic (exact) mass is 164 g/mol. The van der Waals surface area contributed by atoms with Crippen LogP contribution in [0.2, 0.25) is 0 Å². The summed E-state index contributed by atoms with van der Waals surface area (Å²) in [5.74, 6) is 0.492. The average Bonchev–Trinajstić information content (AvgIpc) is 2.10. The number of hydrogen-bond acceptors (Lipinski definition) is 1. The highest BCUT2D eigenvalue weighted by Crippen LogP contribution is 2.08. The summed E-state index contributed by atoms with van der Waals surface area (Å²) < 4.78 is 0. The normalized spacial score (nSPS) is 13.8. The lowest BCUT2D eigenvalue weighted by Gasteiger charge is -2.05. The second-order valence-corrected chi connectivity index (χ2v) is 2.61. The molecule has 0 aromatic carbocycles. The molecular weight excluding hydrogens is 148 g/mol. The van der Waals surface area contributed by atoms with Crippen LogP contribution in [-0.4, -0.2) is 12.6 Å². The molecule has 66 valence electrons. The smallest absolute Gasteiger partial charge is 0.115 e. The van der Waals surface area contributed by atoms with E-state index in [1.807, 2.05) is 0 Å². The molecule has 0 aliphatic heterocycles. The molecule has 0 fully saturated rings. The molecule has 0 aromatic heterocycles. The van der Waals surface area contributed by atoms with Crippen molar-refractivity contribution in [2.75, 3.05) is 0 Å². The fourth-order valence-electron chi connectivity index (χ4n) is 0.604. The van der Waals surface area contributed by atoms with Gasteiger partial charge >= 0.3 is 0 Å². The van der Waals surface area contributed by atoms with Crippen molar-refractivity contribution < 1.29 is 0 Å². The minimum atomic E-state index is 0.492. The SMILES string of the molecule is C=C/N=C\N=C/C(=C)C(C)CC. The Bertz CT molecular complexity index is 202. The van der Waals surface area contributed by atoms with Crippen molar-refractivity contribution in [3.63, 3.8) is 0 Å². The van der Waals surface area contributed by atoms with Crippen molar-refractivity contribution in [1.82, 2.24) is 0 Å². The van der Waals surface area contributed by atoms with Crippen LogP contribution in [0, 0.1) is 5.92 Å². The maximum atomic E-state index is 3.94. The molecule has 0 aliphatic carbocycles. The van der Waals surface area contributed by atoms with Gasteiger partial charge in [-0.3, -0.25) is 0 Å². The van der Waals surface area contributed by atoms with Crippen LogP contribution in [0.4, 0.5) is 0 Å². The topological polar surface area (TPSA) is 24.7 Å². The number of rotatable bonds is 5. The van der Waals surface area contributed by atoms with E-state index < -0.39 is 0 Å². The first-order valence-corrected chi connectivity index (χ1v) is 4.06. The van der Waals surface area contributed by atoms with Crippen LogP contribution >= 0.6 is 0 Å². The Morgan fingerprint density at radius 2 is 2.17 bits per heavy atom. The van der Waals surface area contributed by atoms with Crippen molar-refractivity contribution in [3.8, 4) is 0 Å². The number of aliphatic imine (C=N–C) groups is 2. The Balaban J connectivity index is 3.90. The van der Waals surface area contributed by atoms with Gasteiger partial charge in [0.25, 0.3) is 0 Å². The van der Waals surface area contributed by atoms with Gasteiger partial charge in [-0.05, 0) is 17.9 Å². The zero-order chi connectivity index (χ0) is 9.40. The number of hydrogen-bond donors (Lipinski definition) is 0. The molecule has 2 heteroatoms. The van der Waals surface area contributed by atoms with E-state index >= 15 is 0 Å². The lowest BCUT2D eigenvalue weighted by atomic mass is 10.0. The largest absolute Gasteiger partial charge is 0.246 e. The second kappa shape index (κ2) is 6.53. The summed E-state index contributed by atoms with van der Waals surface area (Å²) in [6, 6.07) is 0. The fourth-order valence-corrected chi connectivity index (χ4v) is 0.604. The zero-order valence-electron chi connectivity index (χ0n) is 7.83. The first kappa shape index (κ1) is 10.8. The minimum Gasteiger partial charge on any atom is -0.246 e. The summed E-state index contributed by atoms with van der Waals surface area (Å²) in [6.07, 6.45) is 5.73. The molecule has 0 N–H and O–H groups in total. The Kier molecular flexibility index (Phi) is 5.88. The first-order chi connectivity index (χ1) is 5.72. The molecule has 0 bridgehead atoms. The second-order valence-electron chi connectivity index (χ2n) is 2.61. The Morgan fingerprint density at radius 1 is 1.50 bits per heavy atom. The van der Waals surface area contributed by atoms with Gasteiger partial charge in [0.05, 0.1) is 0 Å². The van der Waals surface area contributed by atoms with Gasteiger partial charge in [-0.15, -0.1) is 0 Å². The van der Waals surface area contributed by atoms with Gasteiger partial charge in [0, 0.05) is 12.4 Å². The lowest BCUT2D eigenvalue weighted by Crippen LogP contribution is -1.96. The number of nitrogens with zero attached hydrogens (tertiary/aromatic N) is 2. The highest BCUT2D eigenvalue weighted by Gasteiger charge is 1.99. The lowest BCUT2D eigenvalue weighted by molar-refractivity contribution is 0.683. The first-order valence-electron chi connectivity index (χ1n) is 4.06.